The normalized spacial score (nSPS) is 10.2. The van der Waals surface area contributed by atoms with Crippen LogP contribution in [0.2, 0.25) is 0 Å². The Morgan fingerprint density at radius 3 is 2.52 bits per heavy atom. The molecule has 3 nitrogen and oxygen atoms in total. The summed E-state index contributed by atoms with van der Waals surface area (Å²) in [4.78, 5) is -0.0935. The van der Waals surface area contributed by atoms with Gasteiger partial charge in [-0.2, -0.15) is 0 Å². The standard InChI is InChI=1S/C15H13F2NO2S/c1-19-12-6-5-9(7-11(12)17)8-20-13-4-2-3-10(16)14(13)15(18)21/h2-7H,8H2,1H3,(H2,18,21). The molecule has 110 valence electrons. The van der Waals surface area contributed by atoms with Crippen LogP contribution >= 0.6 is 12.2 Å². The largest absolute Gasteiger partial charge is 0.494 e. The van der Waals surface area contributed by atoms with Gasteiger partial charge < -0.3 is 15.2 Å². The lowest BCUT2D eigenvalue weighted by atomic mass is 10.2. The molecule has 0 heterocycles. The molecule has 0 atom stereocenters. The maximum Gasteiger partial charge on any atom is 0.165 e. The van der Waals surface area contributed by atoms with Crippen molar-refractivity contribution in [2.45, 2.75) is 6.61 Å². The predicted molar refractivity (Wildman–Crippen MR) is 79.6 cm³/mol. The third-order valence-electron chi connectivity index (χ3n) is 2.83. The summed E-state index contributed by atoms with van der Waals surface area (Å²) in [5, 5.41) is 0. The van der Waals surface area contributed by atoms with E-state index in [-0.39, 0.29) is 28.7 Å². The smallest absolute Gasteiger partial charge is 0.165 e. The first-order valence-electron chi connectivity index (χ1n) is 6.06. The van der Waals surface area contributed by atoms with E-state index in [1.165, 1.54) is 31.4 Å². The van der Waals surface area contributed by atoms with Crippen LogP contribution in [-0.2, 0) is 6.61 Å². The van der Waals surface area contributed by atoms with Crippen molar-refractivity contribution < 1.29 is 18.3 Å². The van der Waals surface area contributed by atoms with E-state index in [0.29, 0.717) is 5.56 Å². The molecule has 0 radical (unpaired) electrons. The highest BCUT2D eigenvalue weighted by atomic mass is 32.1. The first kappa shape index (κ1) is 15.2. The zero-order chi connectivity index (χ0) is 15.4. The number of nitrogens with two attached hydrogens (primary N) is 1. The van der Waals surface area contributed by atoms with Crippen molar-refractivity contribution in [1.82, 2.24) is 0 Å². The van der Waals surface area contributed by atoms with E-state index < -0.39 is 11.6 Å². The Kier molecular flexibility index (Phi) is 4.70. The molecule has 6 heteroatoms. The minimum Gasteiger partial charge on any atom is -0.494 e. The maximum atomic E-state index is 13.7. The van der Waals surface area contributed by atoms with E-state index >= 15 is 0 Å². The van der Waals surface area contributed by atoms with Crippen LogP contribution in [0.4, 0.5) is 8.78 Å². The average molecular weight is 309 g/mol. The number of methoxy groups -OCH3 is 1. The van der Waals surface area contributed by atoms with E-state index in [4.69, 9.17) is 27.4 Å². The van der Waals surface area contributed by atoms with Gasteiger partial charge in [-0.15, -0.1) is 0 Å². The summed E-state index contributed by atoms with van der Waals surface area (Å²) in [6.45, 7) is 0.0555. The number of hydrogen-bond donors (Lipinski definition) is 1. The van der Waals surface area contributed by atoms with Crippen molar-refractivity contribution in [2.24, 2.45) is 5.73 Å². The summed E-state index contributed by atoms with van der Waals surface area (Å²) in [6, 6.07) is 8.72. The third kappa shape index (κ3) is 3.46. The molecule has 2 N–H and O–H groups in total. The Labute approximate surface area is 126 Å². The molecular formula is C15H13F2NO2S. The molecule has 0 amide bonds. The van der Waals surface area contributed by atoms with Gasteiger partial charge in [-0.1, -0.05) is 24.4 Å². The molecule has 2 aromatic rings. The number of hydrogen-bond acceptors (Lipinski definition) is 3. The van der Waals surface area contributed by atoms with Gasteiger partial charge in [0.05, 0.1) is 12.7 Å². The van der Waals surface area contributed by atoms with Crippen LogP contribution in [0.5, 0.6) is 11.5 Å². The SMILES string of the molecule is COc1ccc(COc2cccc(F)c2C(N)=S)cc1F. The van der Waals surface area contributed by atoms with E-state index in [0.717, 1.165) is 0 Å². The van der Waals surface area contributed by atoms with Gasteiger partial charge in [-0.25, -0.2) is 8.78 Å². The summed E-state index contributed by atoms with van der Waals surface area (Å²) in [7, 11) is 1.38. The quantitative estimate of drug-likeness (QED) is 0.862. The van der Waals surface area contributed by atoms with Gasteiger partial charge in [0.25, 0.3) is 0 Å². The van der Waals surface area contributed by atoms with E-state index in [1.54, 1.807) is 12.1 Å². The zero-order valence-electron chi connectivity index (χ0n) is 11.2. The van der Waals surface area contributed by atoms with Crippen molar-refractivity contribution in [3.8, 4) is 11.5 Å². The van der Waals surface area contributed by atoms with Crippen molar-refractivity contribution in [1.29, 1.82) is 0 Å². The molecule has 0 spiro atoms. The van der Waals surface area contributed by atoms with Crippen molar-refractivity contribution in [3.63, 3.8) is 0 Å². The Bertz CT molecular complexity index is 677. The fraction of sp³-hybridized carbons (Fsp3) is 0.133. The predicted octanol–water partition coefficient (Wildman–Crippen LogP) is 3.19. The van der Waals surface area contributed by atoms with Gasteiger partial charge in [0.15, 0.2) is 11.6 Å². The van der Waals surface area contributed by atoms with Crippen molar-refractivity contribution >= 4 is 17.2 Å². The molecule has 21 heavy (non-hydrogen) atoms. The number of ether oxygens (including phenoxy) is 2. The Hall–Kier alpha value is -2.21. The highest BCUT2D eigenvalue weighted by molar-refractivity contribution is 7.80. The second-order valence-corrected chi connectivity index (χ2v) is 4.67. The number of halogens is 2. The molecule has 2 aromatic carbocycles. The minimum atomic E-state index is -0.555. The molecule has 0 bridgehead atoms. The number of rotatable bonds is 5. The fourth-order valence-electron chi connectivity index (χ4n) is 1.82. The van der Waals surface area contributed by atoms with E-state index in [9.17, 15) is 8.78 Å². The van der Waals surface area contributed by atoms with E-state index in [2.05, 4.69) is 0 Å². The summed E-state index contributed by atoms with van der Waals surface area (Å²) in [5.41, 5.74) is 6.10. The number of benzene rings is 2. The Morgan fingerprint density at radius 1 is 1.14 bits per heavy atom. The molecular weight excluding hydrogens is 296 g/mol. The molecule has 0 saturated heterocycles. The van der Waals surface area contributed by atoms with Crippen LogP contribution in [0, 0.1) is 11.6 Å². The van der Waals surface area contributed by atoms with Crippen LogP contribution in [-0.4, -0.2) is 12.1 Å². The molecule has 0 fully saturated rings. The zero-order valence-corrected chi connectivity index (χ0v) is 12.0. The molecule has 0 aliphatic rings. The van der Waals surface area contributed by atoms with Crippen LogP contribution < -0.4 is 15.2 Å². The summed E-state index contributed by atoms with van der Waals surface area (Å²) in [6.07, 6.45) is 0. The second-order valence-electron chi connectivity index (χ2n) is 4.23. The second kappa shape index (κ2) is 6.49. The molecule has 0 aliphatic carbocycles. The molecule has 2 rings (SSSR count). The maximum absolute atomic E-state index is 13.7. The summed E-state index contributed by atoms with van der Waals surface area (Å²) < 4.78 is 37.5. The van der Waals surface area contributed by atoms with E-state index in [1.807, 2.05) is 0 Å². The lowest BCUT2D eigenvalue weighted by molar-refractivity contribution is 0.302. The monoisotopic (exact) mass is 309 g/mol. The minimum absolute atomic E-state index is 0.0430. The first-order valence-corrected chi connectivity index (χ1v) is 6.47. The molecule has 0 unspecified atom stereocenters. The summed E-state index contributed by atoms with van der Waals surface area (Å²) >= 11 is 4.80. The fourth-order valence-corrected chi connectivity index (χ4v) is 2.02. The van der Waals surface area contributed by atoms with Crippen LogP contribution in [0.25, 0.3) is 0 Å². The molecule has 0 aliphatic heterocycles. The van der Waals surface area contributed by atoms with Gasteiger partial charge in [-0.05, 0) is 29.8 Å². The topological polar surface area (TPSA) is 44.5 Å². The highest BCUT2D eigenvalue weighted by Gasteiger charge is 2.12. The van der Waals surface area contributed by atoms with Crippen LogP contribution in [0.15, 0.2) is 36.4 Å². The van der Waals surface area contributed by atoms with Gasteiger partial charge in [0.2, 0.25) is 0 Å². The van der Waals surface area contributed by atoms with Gasteiger partial charge in [0, 0.05) is 0 Å². The Morgan fingerprint density at radius 2 is 1.90 bits per heavy atom. The van der Waals surface area contributed by atoms with Gasteiger partial charge in [-0.3, -0.25) is 0 Å². The third-order valence-corrected chi connectivity index (χ3v) is 3.04. The van der Waals surface area contributed by atoms with Crippen LogP contribution in [0.1, 0.15) is 11.1 Å². The van der Waals surface area contributed by atoms with Crippen molar-refractivity contribution in [3.05, 3.63) is 59.2 Å². The van der Waals surface area contributed by atoms with Crippen LogP contribution in [0.3, 0.4) is 0 Å². The number of thiocarbonyl (C=S) groups is 1. The lowest BCUT2D eigenvalue weighted by Gasteiger charge is -2.12. The summed E-state index contributed by atoms with van der Waals surface area (Å²) in [5.74, 6) is -0.680. The lowest BCUT2D eigenvalue weighted by Crippen LogP contribution is -2.14. The Balaban J connectivity index is 2.19. The average Bonchev–Trinajstić information content (AvgIpc) is 2.44. The van der Waals surface area contributed by atoms with Crippen molar-refractivity contribution in [2.75, 3.05) is 7.11 Å². The highest BCUT2D eigenvalue weighted by Crippen LogP contribution is 2.23. The first-order chi connectivity index (χ1) is 10.0. The molecule has 0 saturated carbocycles. The molecule has 0 aromatic heterocycles. The van der Waals surface area contributed by atoms with Gasteiger partial charge >= 0.3 is 0 Å². The van der Waals surface area contributed by atoms with Gasteiger partial charge in [0.1, 0.15) is 23.2 Å².